The van der Waals surface area contributed by atoms with Crippen molar-refractivity contribution in [3.8, 4) is 0 Å². The summed E-state index contributed by atoms with van der Waals surface area (Å²) in [5.74, 6) is -0.855. The van der Waals surface area contributed by atoms with Gasteiger partial charge < -0.3 is 5.11 Å². The summed E-state index contributed by atoms with van der Waals surface area (Å²) in [6, 6.07) is 0. The minimum Gasteiger partial charge on any atom is -0.478 e. The predicted molar refractivity (Wildman–Crippen MR) is 96.0 cm³/mol. The molecule has 2 nitrogen and oxygen atoms in total. The molecule has 0 aromatic carbocycles. The third-order valence-electron chi connectivity index (χ3n) is 3.52. The highest BCUT2D eigenvalue weighted by Gasteiger charge is 1.95. The highest BCUT2D eigenvalue weighted by molar-refractivity contribution is 5.80. The molecule has 0 radical (unpaired) electrons. The molecule has 0 aromatic heterocycles. The van der Waals surface area contributed by atoms with Crippen LogP contribution < -0.4 is 0 Å². The molecule has 0 unspecified atom stereocenters. The van der Waals surface area contributed by atoms with E-state index in [4.69, 9.17) is 5.11 Å². The zero-order valence-electron chi connectivity index (χ0n) is 14.9. The Hall–Kier alpha value is -1.57. The first-order valence-electron chi connectivity index (χ1n) is 8.16. The predicted octanol–water partition coefficient (Wildman–Crippen LogP) is 6.22. The quantitative estimate of drug-likeness (QED) is 0.384. The van der Waals surface area contributed by atoms with E-state index < -0.39 is 5.97 Å². The fraction of sp³-hybridized carbons (Fsp3) is 0.550. The van der Waals surface area contributed by atoms with Crippen LogP contribution in [0.15, 0.2) is 46.6 Å². The summed E-state index contributed by atoms with van der Waals surface area (Å²) in [4.78, 5) is 10.5. The number of hydrogen-bond donors (Lipinski definition) is 1. The second-order valence-corrected chi connectivity index (χ2v) is 6.33. The lowest BCUT2D eigenvalue weighted by Crippen LogP contribution is -1.89. The highest BCUT2D eigenvalue weighted by Crippen LogP contribution is 2.13. The molecule has 0 atom stereocenters. The Morgan fingerprint density at radius 1 is 0.727 bits per heavy atom. The molecule has 0 spiro atoms. The Kier molecular flexibility index (Phi) is 11.2. The Morgan fingerprint density at radius 3 is 1.55 bits per heavy atom. The second kappa shape index (κ2) is 12.0. The number of hydrogen-bond acceptors (Lipinski definition) is 1. The molecular formula is C20H32O2. The van der Waals surface area contributed by atoms with Gasteiger partial charge in [-0.25, -0.2) is 4.79 Å². The van der Waals surface area contributed by atoms with Crippen LogP contribution in [0.25, 0.3) is 0 Å². The van der Waals surface area contributed by atoms with E-state index in [9.17, 15) is 4.79 Å². The van der Waals surface area contributed by atoms with Gasteiger partial charge in [0, 0.05) is 6.08 Å². The van der Waals surface area contributed by atoms with Crippen LogP contribution in [-0.4, -0.2) is 11.1 Å². The maximum atomic E-state index is 10.5. The summed E-state index contributed by atoms with van der Waals surface area (Å²) in [6.07, 6.45) is 14.3. The number of allylic oxidation sites excluding steroid dienone is 7. The Labute approximate surface area is 136 Å². The number of rotatable bonds is 10. The molecule has 0 rings (SSSR count). The van der Waals surface area contributed by atoms with Crippen LogP contribution in [0.3, 0.4) is 0 Å². The van der Waals surface area contributed by atoms with Gasteiger partial charge >= 0.3 is 5.97 Å². The Bertz CT molecular complexity index is 458. The van der Waals surface area contributed by atoms with Crippen LogP contribution in [0.1, 0.15) is 73.1 Å². The van der Waals surface area contributed by atoms with E-state index in [-0.39, 0.29) is 0 Å². The van der Waals surface area contributed by atoms with Crippen molar-refractivity contribution in [2.45, 2.75) is 73.1 Å². The van der Waals surface area contributed by atoms with Crippen molar-refractivity contribution in [2.24, 2.45) is 0 Å². The molecule has 2 heteroatoms. The molecule has 124 valence electrons. The number of carboxylic acids is 1. The number of aliphatic carboxylic acids is 1. The van der Waals surface area contributed by atoms with Crippen LogP contribution in [-0.2, 0) is 4.79 Å². The van der Waals surface area contributed by atoms with Gasteiger partial charge in [-0.3, -0.25) is 0 Å². The molecule has 0 aliphatic carbocycles. The average Bonchev–Trinajstić information content (AvgIpc) is 2.37. The lowest BCUT2D eigenvalue weighted by atomic mass is 10.0. The molecule has 0 bridgehead atoms. The molecule has 1 N–H and O–H groups in total. The molecular weight excluding hydrogens is 272 g/mol. The second-order valence-electron chi connectivity index (χ2n) is 6.33. The fourth-order valence-corrected chi connectivity index (χ4v) is 2.17. The van der Waals surface area contributed by atoms with E-state index >= 15 is 0 Å². The first kappa shape index (κ1) is 20.4. The third-order valence-corrected chi connectivity index (χ3v) is 3.52. The van der Waals surface area contributed by atoms with Gasteiger partial charge in [-0.1, -0.05) is 40.5 Å². The van der Waals surface area contributed by atoms with Crippen molar-refractivity contribution in [3.05, 3.63) is 46.6 Å². The summed E-state index contributed by atoms with van der Waals surface area (Å²) < 4.78 is 0. The van der Waals surface area contributed by atoms with Crippen LogP contribution in [0, 0.1) is 0 Å². The van der Waals surface area contributed by atoms with Gasteiger partial charge in [0.2, 0.25) is 0 Å². The SMILES string of the molecule is CC(C)=CCC/C(C)=C/CC/C(C)=C\CC/C(C)=C/C(=O)O. The molecule has 0 amide bonds. The van der Waals surface area contributed by atoms with Gasteiger partial charge in [0.05, 0.1) is 0 Å². The summed E-state index contributed by atoms with van der Waals surface area (Å²) in [5, 5.41) is 8.65. The molecule has 0 fully saturated rings. The van der Waals surface area contributed by atoms with Gasteiger partial charge in [-0.15, -0.1) is 0 Å². The minimum atomic E-state index is -0.855. The van der Waals surface area contributed by atoms with E-state index in [0.29, 0.717) is 0 Å². The van der Waals surface area contributed by atoms with Crippen LogP contribution in [0.2, 0.25) is 0 Å². The summed E-state index contributed by atoms with van der Waals surface area (Å²) >= 11 is 0. The van der Waals surface area contributed by atoms with E-state index in [1.54, 1.807) is 0 Å². The molecule has 0 aliphatic heterocycles. The van der Waals surface area contributed by atoms with Crippen molar-refractivity contribution in [1.29, 1.82) is 0 Å². The minimum absolute atomic E-state index is 0.821. The van der Waals surface area contributed by atoms with Crippen molar-refractivity contribution in [1.82, 2.24) is 0 Å². The van der Waals surface area contributed by atoms with Gasteiger partial charge in [-0.2, -0.15) is 0 Å². The zero-order chi connectivity index (χ0) is 17.0. The first-order valence-corrected chi connectivity index (χ1v) is 8.16. The van der Waals surface area contributed by atoms with Gasteiger partial charge in [0.15, 0.2) is 0 Å². The lowest BCUT2D eigenvalue weighted by Gasteiger charge is -2.02. The molecule has 0 saturated carbocycles. The normalized spacial score (nSPS) is 13.2. The third kappa shape index (κ3) is 13.4. The van der Waals surface area contributed by atoms with Gasteiger partial charge in [0.25, 0.3) is 0 Å². The van der Waals surface area contributed by atoms with Crippen molar-refractivity contribution >= 4 is 5.97 Å². The topological polar surface area (TPSA) is 37.3 Å². The maximum absolute atomic E-state index is 10.5. The Balaban J connectivity index is 4.01. The van der Waals surface area contributed by atoms with Gasteiger partial charge in [0.1, 0.15) is 0 Å². The smallest absolute Gasteiger partial charge is 0.328 e. The molecule has 0 aliphatic rings. The lowest BCUT2D eigenvalue weighted by molar-refractivity contribution is -0.131. The standard InChI is InChI=1S/C20H32O2/c1-16(2)9-6-10-17(3)11-7-12-18(4)13-8-14-19(5)15-20(21)22/h9,11,13,15H,6-8,10,12,14H2,1-5H3,(H,21,22)/b17-11+,18-13-,19-15+. The Morgan fingerprint density at radius 2 is 1.14 bits per heavy atom. The van der Waals surface area contributed by atoms with Crippen LogP contribution >= 0.6 is 0 Å². The molecule has 0 aromatic rings. The molecule has 0 saturated heterocycles. The van der Waals surface area contributed by atoms with Gasteiger partial charge in [-0.05, 0) is 73.1 Å². The molecule has 22 heavy (non-hydrogen) atoms. The maximum Gasteiger partial charge on any atom is 0.328 e. The van der Waals surface area contributed by atoms with E-state index in [1.165, 1.54) is 22.8 Å². The van der Waals surface area contributed by atoms with Crippen molar-refractivity contribution < 1.29 is 9.90 Å². The highest BCUT2D eigenvalue weighted by atomic mass is 16.4. The average molecular weight is 304 g/mol. The van der Waals surface area contributed by atoms with Crippen LogP contribution in [0.4, 0.5) is 0 Å². The number of carbonyl (C=O) groups is 1. The first-order chi connectivity index (χ1) is 10.3. The van der Waals surface area contributed by atoms with Crippen molar-refractivity contribution in [3.63, 3.8) is 0 Å². The summed E-state index contributed by atoms with van der Waals surface area (Å²) in [6.45, 7) is 10.5. The van der Waals surface area contributed by atoms with Crippen molar-refractivity contribution in [2.75, 3.05) is 0 Å². The summed E-state index contributed by atoms with van der Waals surface area (Å²) in [7, 11) is 0. The van der Waals surface area contributed by atoms with E-state index in [0.717, 1.165) is 44.1 Å². The zero-order valence-corrected chi connectivity index (χ0v) is 14.9. The number of carboxylic acid groups (broad SMARTS) is 1. The van der Waals surface area contributed by atoms with Crippen LogP contribution in [0.5, 0.6) is 0 Å². The largest absolute Gasteiger partial charge is 0.478 e. The summed E-state index contributed by atoms with van der Waals surface area (Å²) in [5.41, 5.74) is 5.16. The molecule has 0 heterocycles. The van der Waals surface area contributed by atoms with E-state index in [2.05, 4.69) is 45.9 Å². The fourth-order valence-electron chi connectivity index (χ4n) is 2.17. The monoisotopic (exact) mass is 304 g/mol. The van der Waals surface area contributed by atoms with E-state index in [1.807, 2.05) is 6.92 Å².